The summed E-state index contributed by atoms with van der Waals surface area (Å²) < 4.78 is 68.2. The SMILES string of the molecule is CCCCCCCCCCCCCC(=O)O[C@H](COC(=O)CCCCCCCCCC)COP(=O)(O)OC[C@H](O)COP(=O)(O)OC[C@@H](COC(=O)CCCCCCCCCCC(C)C)OC(=O)CCCCCCCCCCCCCCCCCCCCC(C)C. The van der Waals surface area contributed by atoms with E-state index in [-0.39, 0.29) is 25.7 Å². The molecule has 0 aromatic heterocycles. The van der Waals surface area contributed by atoms with Gasteiger partial charge in [0.25, 0.3) is 0 Å². The topological polar surface area (TPSA) is 237 Å². The molecule has 0 spiro atoms. The first-order valence-corrected chi connectivity index (χ1v) is 40.5. The molecule has 5 atom stereocenters. The lowest BCUT2D eigenvalue weighted by atomic mass is 10.0. The first-order chi connectivity index (χ1) is 43.9. The largest absolute Gasteiger partial charge is 0.472 e. The summed E-state index contributed by atoms with van der Waals surface area (Å²) in [7, 11) is -9.90. The molecular weight excluding hydrogens is 1200 g/mol. The summed E-state index contributed by atoms with van der Waals surface area (Å²) in [6, 6.07) is 0. The van der Waals surface area contributed by atoms with Gasteiger partial charge in [-0.25, -0.2) is 9.13 Å². The quantitative estimate of drug-likeness (QED) is 0.0222. The highest BCUT2D eigenvalue weighted by Gasteiger charge is 2.30. The van der Waals surface area contributed by atoms with E-state index in [1.165, 1.54) is 180 Å². The highest BCUT2D eigenvalue weighted by Crippen LogP contribution is 2.45. The highest BCUT2D eigenvalue weighted by molar-refractivity contribution is 7.47. The van der Waals surface area contributed by atoms with E-state index < -0.39 is 97.5 Å². The minimum absolute atomic E-state index is 0.107. The number of aliphatic hydroxyl groups excluding tert-OH is 1. The van der Waals surface area contributed by atoms with Crippen LogP contribution in [0.5, 0.6) is 0 Å². The molecule has 0 bridgehead atoms. The Morgan fingerprint density at radius 1 is 0.297 bits per heavy atom. The summed E-state index contributed by atoms with van der Waals surface area (Å²) >= 11 is 0. The summed E-state index contributed by atoms with van der Waals surface area (Å²) in [5.74, 6) is -0.578. The van der Waals surface area contributed by atoms with E-state index in [4.69, 9.17) is 37.0 Å². The van der Waals surface area contributed by atoms with E-state index in [1.807, 2.05) is 0 Å². The van der Waals surface area contributed by atoms with Gasteiger partial charge in [0.2, 0.25) is 0 Å². The van der Waals surface area contributed by atoms with Gasteiger partial charge in [0.15, 0.2) is 12.2 Å². The van der Waals surface area contributed by atoms with Crippen LogP contribution in [0.15, 0.2) is 0 Å². The van der Waals surface area contributed by atoms with Crippen LogP contribution < -0.4 is 0 Å². The Hall–Kier alpha value is -1.94. The zero-order valence-corrected chi connectivity index (χ0v) is 60.9. The smallest absolute Gasteiger partial charge is 0.462 e. The molecule has 0 rings (SSSR count). The molecule has 0 saturated heterocycles. The molecule has 0 amide bonds. The average molecular weight is 1340 g/mol. The second-order valence-corrected chi connectivity index (χ2v) is 29.8. The molecule has 0 fully saturated rings. The molecule has 0 aromatic carbocycles. The predicted molar refractivity (Wildman–Crippen MR) is 368 cm³/mol. The molecule has 17 nitrogen and oxygen atoms in total. The zero-order valence-electron chi connectivity index (χ0n) is 59.1. The minimum atomic E-state index is -4.95. The third kappa shape index (κ3) is 66.5. The Morgan fingerprint density at radius 2 is 0.505 bits per heavy atom. The lowest BCUT2D eigenvalue weighted by molar-refractivity contribution is -0.161. The van der Waals surface area contributed by atoms with Crippen molar-refractivity contribution in [3.8, 4) is 0 Å². The number of esters is 4. The van der Waals surface area contributed by atoms with E-state index >= 15 is 0 Å². The fourth-order valence-electron chi connectivity index (χ4n) is 10.9. The van der Waals surface area contributed by atoms with Crippen LogP contribution in [0.25, 0.3) is 0 Å². The van der Waals surface area contributed by atoms with Gasteiger partial charge in [0, 0.05) is 25.7 Å². The van der Waals surface area contributed by atoms with E-state index in [0.29, 0.717) is 25.7 Å². The zero-order chi connectivity index (χ0) is 67.2. The lowest BCUT2D eigenvalue weighted by Crippen LogP contribution is -2.30. The highest BCUT2D eigenvalue weighted by atomic mass is 31.2. The fourth-order valence-corrected chi connectivity index (χ4v) is 12.5. The number of aliphatic hydroxyl groups is 1. The van der Waals surface area contributed by atoms with Gasteiger partial charge in [-0.05, 0) is 37.5 Å². The molecule has 0 heterocycles. The van der Waals surface area contributed by atoms with Crippen LogP contribution in [-0.2, 0) is 65.4 Å². The third-order valence-electron chi connectivity index (χ3n) is 16.7. The second kappa shape index (κ2) is 64.1. The number of carbonyl (C=O) groups excluding carboxylic acids is 4. The van der Waals surface area contributed by atoms with Gasteiger partial charge in [-0.15, -0.1) is 0 Å². The van der Waals surface area contributed by atoms with Crippen molar-refractivity contribution in [2.24, 2.45) is 11.8 Å². The van der Waals surface area contributed by atoms with Crippen LogP contribution in [0.2, 0.25) is 0 Å². The number of ether oxygens (including phenoxy) is 4. The number of unbranched alkanes of at least 4 members (excludes halogenated alkanes) is 41. The summed E-state index contributed by atoms with van der Waals surface area (Å²) in [6.45, 7) is 9.53. The molecule has 2 unspecified atom stereocenters. The average Bonchev–Trinajstić information content (AvgIpc) is 3.62. The van der Waals surface area contributed by atoms with Crippen LogP contribution in [0.4, 0.5) is 0 Å². The number of rotatable bonds is 71. The van der Waals surface area contributed by atoms with Crippen molar-refractivity contribution in [1.29, 1.82) is 0 Å². The number of carbonyl (C=O) groups is 4. The standard InChI is InChI=1S/C72H140O17P2/c1-7-9-11-13-15-17-26-30-38-44-50-56-71(76)88-67(60-82-69(74)54-48-42-36-16-14-12-10-8-2)62-86-90(78,79)84-58-66(73)59-85-91(80,81)87-63-68(61-83-70(75)55-49-43-37-33-32-35-41-47-53-65(5)6)89-72(77)57-51-45-39-31-28-25-23-21-19-18-20-22-24-27-29-34-40-46-52-64(3)4/h64-68,73H,7-63H2,1-6H3,(H,78,79)(H,80,81)/t66-,67+,68+/m0/s1. The van der Waals surface area contributed by atoms with Crippen LogP contribution >= 0.6 is 15.6 Å². The van der Waals surface area contributed by atoms with Gasteiger partial charge in [-0.1, -0.05) is 318 Å². The van der Waals surface area contributed by atoms with Gasteiger partial charge in [0.05, 0.1) is 26.4 Å². The van der Waals surface area contributed by atoms with Gasteiger partial charge in [-0.3, -0.25) is 37.3 Å². The van der Waals surface area contributed by atoms with E-state index in [2.05, 4.69) is 41.5 Å². The first-order valence-electron chi connectivity index (χ1n) is 37.5. The Morgan fingerprint density at radius 3 is 0.747 bits per heavy atom. The van der Waals surface area contributed by atoms with E-state index in [1.54, 1.807) is 0 Å². The van der Waals surface area contributed by atoms with Crippen LogP contribution in [0.1, 0.15) is 369 Å². The lowest BCUT2D eigenvalue weighted by Gasteiger charge is -2.21. The first kappa shape index (κ1) is 89.1. The number of hydrogen-bond donors (Lipinski definition) is 3. The molecule has 19 heteroatoms. The van der Waals surface area contributed by atoms with E-state index in [0.717, 1.165) is 108 Å². The van der Waals surface area contributed by atoms with Crippen LogP contribution in [0.3, 0.4) is 0 Å². The maximum absolute atomic E-state index is 13.0. The Kier molecular flexibility index (Phi) is 62.7. The Labute approximate surface area is 556 Å². The van der Waals surface area contributed by atoms with E-state index in [9.17, 15) is 43.2 Å². The molecular formula is C72H140O17P2. The van der Waals surface area contributed by atoms with Crippen molar-refractivity contribution in [3.63, 3.8) is 0 Å². The Balaban J connectivity index is 5.15. The van der Waals surface area contributed by atoms with Crippen LogP contribution in [0, 0.1) is 11.8 Å². The minimum Gasteiger partial charge on any atom is -0.462 e. The summed E-state index contributed by atoms with van der Waals surface area (Å²) in [5, 5.41) is 10.6. The molecule has 3 N–H and O–H groups in total. The Bertz CT molecular complexity index is 1770. The summed E-state index contributed by atoms with van der Waals surface area (Å²) in [6.07, 6.45) is 50.1. The summed E-state index contributed by atoms with van der Waals surface area (Å²) in [4.78, 5) is 72.5. The number of phosphoric ester groups is 2. The number of hydrogen-bond acceptors (Lipinski definition) is 15. The molecule has 0 radical (unpaired) electrons. The molecule has 91 heavy (non-hydrogen) atoms. The maximum atomic E-state index is 13.0. The normalized spacial score (nSPS) is 14.1. The second-order valence-electron chi connectivity index (χ2n) is 26.9. The molecule has 0 aromatic rings. The summed E-state index contributed by atoms with van der Waals surface area (Å²) in [5.41, 5.74) is 0. The van der Waals surface area contributed by atoms with Crippen molar-refractivity contribution in [1.82, 2.24) is 0 Å². The van der Waals surface area contributed by atoms with Gasteiger partial charge < -0.3 is 33.8 Å². The maximum Gasteiger partial charge on any atom is 0.472 e. The van der Waals surface area contributed by atoms with Gasteiger partial charge in [-0.2, -0.15) is 0 Å². The molecule has 0 aliphatic carbocycles. The third-order valence-corrected chi connectivity index (χ3v) is 18.6. The van der Waals surface area contributed by atoms with Crippen molar-refractivity contribution < 1.29 is 80.2 Å². The number of phosphoric acid groups is 2. The molecule has 0 saturated carbocycles. The van der Waals surface area contributed by atoms with Crippen LogP contribution in [-0.4, -0.2) is 96.7 Å². The van der Waals surface area contributed by atoms with Crippen molar-refractivity contribution in [2.45, 2.75) is 387 Å². The monoisotopic (exact) mass is 1340 g/mol. The molecule has 0 aliphatic rings. The fraction of sp³-hybridized carbons (Fsp3) is 0.944. The van der Waals surface area contributed by atoms with Gasteiger partial charge >= 0.3 is 39.5 Å². The van der Waals surface area contributed by atoms with Crippen molar-refractivity contribution in [2.75, 3.05) is 39.6 Å². The molecule has 540 valence electrons. The predicted octanol–water partition coefficient (Wildman–Crippen LogP) is 20.8. The molecule has 0 aliphatic heterocycles. The van der Waals surface area contributed by atoms with Crippen molar-refractivity contribution in [3.05, 3.63) is 0 Å². The van der Waals surface area contributed by atoms with Gasteiger partial charge in [0.1, 0.15) is 19.3 Å². The van der Waals surface area contributed by atoms with Crippen molar-refractivity contribution >= 4 is 39.5 Å².